The van der Waals surface area contributed by atoms with Gasteiger partial charge in [0.2, 0.25) is 0 Å². The zero-order valence-corrected chi connectivity index (χ0v) is 14.0. The summed E-state index contributed by atoms with van der Waals surface area (Å²) >= 11 is 1.75. The summed E-state index contributed by atoms with van der Waals surface area (Å²) in [6, 6.07) is 12.6. The maximum atomic E-state index is 6.21. The fourth-order valence-corrected chi connectivity index (χ4v) is 3.24. The molecule has 0 atom stereocenters. The van der Waals surface area contributed by atoms with Crippen molar-refractivity contribution in [3.63, 3.8) is 0 Å². The van der Waals surface area contributed by atoms with E-state index in [1.807, 2.05) is 26.0 Å². The molecule has 0 saturated heterocycles. The topological polar surface area (TPSA) is 35.2 Å². The van der Waals surface area contributed by atoms with Crippen molar-refractivity contribution in [1.29, 1.82) is 0 Å². The summed E-state index contributed by atoms with van der Waals surface area (Å²) in [5.41, 5.74) is 10.9. The summed E-state index contributed by atoms with van der Waals surface area (Å²) in [6.07, 6.45) is 0.131. The highest BCUT2D eigenvalue weighted by Gasteiger charge is 2.08. The van der Waals surface area contributed by atoms with Gasteiger partial charge in [-0.3, -0.25) is 0 Å². The molecule has 2 N–H and O–H groups in total. The number of nitrogen functional groups attached to an aromatic ring is 1. The lowest BCUT2D eigenvalue weighted by Gasteiger charge is -2.14. The van der Waals surface area contributed by atoms with Crippen LogP contribution in [0.1, 0.15) is 30.5 Å². The highest BCUT2D eigenvalue weighted by Crippen LogP contribution is 2.35. The molecule has 0 radical (unpaired) electrons. The van der Waals surface area contributed by atoms with Gasteiger partial charge in [-0.25, -0.2) is 0 Å². The van der Waals surface area contributed by atoms with E-state index < -0.39 is 0 Å². The third kappa shape index (κ3) is 4.43. The summed E-state index contributed by atoms with van der Waals surface area (Å²) in [5.74, 6) is 1.69. The molecule has 112 valence electrons. The minimum Gasteiger partial charge on any atom is -0.489 e. The molecule has 3 heteroatoms. The fourth-order valence-electron chi connectivity index (χ4n) is 2.32. The van der Waals surface area contributed by atoms with Crippen LogP contribution >= 0.6 is 11.8 Å². The summed E-state index contributed by atoms with van der Waals surface area (Å²) in [4.78, 5) is 1.08. The molecular formula is C18H23NOS. The lowest BCUT2D eigenvalue weighted by atomic mass is 10.1. The molecule has 0 bridgehead atoms. The number of hydrogen-bond donors (Lipinski definition) is 1. The zero-order chi connectivity index (χ0) is 15.4. The Morgan fingerprint density at radius 1 is 1.10 bits per heavy atom. The van der Waals surface area contributed by atoms with Gasteiger partial charge in [-0.2, -0.15) is 0 Å². The van der Waals surface area contributed by atoms with Gasteiger partial charge < -0.3 is 10.5 Å². The second kappa shape index (κ2) is 6.90. The molecule has 21 heavy (non-hydrogen) atoms. The minimum absolute atomic E-state index is 0.131. The van der Waals surface area contributed by atoms with E-state index in [-0.39, 0.29) is 6.10 Å². The molecule has 2 aromatic carbocycles. The minimum atomic E-state index is 0.131. The molecule has 0 aliphatic rings. The van der Waals surface area contributed by atoms with Gasteiger partial charge in [0.05, 0.1) is 11.8 Å². The first kappa shape index (κ1) is 15.8. The van der Waals surface area contributed by atoms with Crippen LogP contribution in [0, 0.1) is 13.8 Å². The van der Waals surface area contributed by atoms with E-state index in [1.165, 1.54) is 16.7 Å². The molecule has 0 unspecified atom stereocenters. The highest BCUT2D eigenvalue weighted by atomic mass is 32.2. The number of rotatable bonds is 5. The Morgan fingerprint density at radius 3 is 2.38 bits per heavy atom. The maximum Gasteiger partial charge on any atom is 0.143 e. The predicted molar refractivity (Wildman–Crippen MR) is 92.1 cm³/mol. The standard InChI is InChI=1S/C18H23NOS/c1-12(2)20-16-6-5-7-17(18(16)19)21-11-15-9-13(3)8-14(4)10-15/h5-10,12H,11,19H2,1-4H3. The van der Waals surface area contributed by atoms with Crippen LogP contribution in [-0.4, -0.2) is 6.10 Å². The van der Waals surface area contributed by atoms with E-state index in [1.54, 1.807) is 11.8 Å². The summed E-state index contributed by atoms with van der Waals surface area (Å²) in [5, 5.41) is 0. The monoisotopic (exact) mass is 301 g/mol. The van der Waals surface area contributed by atoms with E-state index >= 15 is 0 Å². The number of anilines is 1. The highest BCUT2D eigenvalue weighted by molar-refractivity contribution is 7.98. The average molecular weight is 301 g/mol. The van der Waals surface area contributed by atoms with Crippen LogP contribution < -0.4 is 10.5 Å². The molecule has 2 aromatic rings. The molecule has 0 amide bonds. The molecule has 0 spiro atoms. The van der Waals surface area contributed by atoms with E-state index in [0.717, 1.165) is 22.1 Å². The third-order valence-corrected chi connectivity index (χ3v) is 4.21. The molecule has 2 rings (SSSR count). The summed E-state index contributed by atoms with van der Waals surface area (Å²) < 4.78 is 5.74. The molecule has 0 heterocycles. The average Bonchev–Trinajstić information content (AvgIpc) is 2.38. The molecule has 0 saturated carbocycles. The van der Waals surface area contributed by atoms with E-state index in [4.69, 9.17) is 10.5 Å². The number of hydrogen-bond acceptors (Lipinski definition) is 3. The Bertz CT molecular complexity index is 602. The smallest absolute Gasteiger partial charge is 0.143 e. The normalized spacial score (nSPS) is 10.9. The Balaban J connectivity index is 2.12. The summed E-state index contributed by atoms with van der Waals surface area (Å²) in [7, 11) is 0. The largest absolute Gasteiger partial charge is 0.489 e. The molecular weight excluding hydrogens is 278 g/mol. The number of nitrogens with two attached hydrogens (primary N) is 1. The molecule has 0 aliphatic carbocycles. The van der Waals surface area contributed by atoms with Gasteiger partial charge in [0.15, 0.2) is 0 Å². The number of para-hydroxylation sites is 1. The lowest BCUT2D eigenvalue weighted by molar-refractivity contribution is 0.243. The van der Waals surface area contributed by atoms with Gasteiger partial charge >= 0.3 is 0 Å². The number of benzene rings is 2. The first-order chi connectivity index (χ1) is 9.95. The van der Waals surface area contributed by atoms with Crippen LogP contribution in [0.15, 0.2) is 41.3 Å². The Morgan fingerprint density at radius 2 is 1.76 bits per heavy atom. The molecule has 0 fully saturated rings. The first-order valence-electron chi connectivity index (χ1n) is 7.21. The first-order valence-corrected chi connectivity index (χ1v) is 8.19. The van der Waals surface area contributed by atoms with Gasteiger partial charge in [-0.1, -0.05) is 35.4 Å². The van der Waals surface area contributed by atoms with Crippen LogP contribution in [0.5, 0.6) is 5.75 Å². The Hall–Kier alpha value is -1.61. The van der Waals surface area contributed by atoms with Crippen molar-refractivity contribution in [2.45, 2.75) is 44.4 Å². The van der Waals surface area contributed by atoms with Crippen molar-refractivity contribution in [2.24, 2.45) is 0 Å². The van der Waals surface area contributed by atoms with Crippen LogP contribution in [0.2, 0.25) is 0 Å². The van der Waals surface area contributed by atoms with Crippen molar-refractivity contribution < 1.29 is 4.74 Å². The second-order valence-electron chi connectivity index (χ2n) is 5.62. The van der Waals surface area contributed by atoms with Crippen LogP contribution in [0.25, 0.3) is 0 Å². The van der Waals surface area contributed by atoms with Crippen LogP contribution in [0.3, 0.4) is 0 Å². The van der Waals surface area contributed by atoms with Gasteiger partial charge in [0.1, 0.15) is 5.75 Å². The number of thioether (sulfide) groups is 1. The fraction of sp³-hybridized carbons (Fsp3) is 0.333. The molecule has 0 aliphatic heterocycles. The predicted octanol–water partition coefficient (Wildman–Crippen LogP) is 4.97. The zero-order valence-electron chi connectivity index (χ0n) is 13.1. The van der Waals surface area contributed by atoms with E-state index in [2.05, 4.69) is 38.1 Å². The van der Waals surface area contributed by atoms with E-state index in [9.17, 15) is 0 Å². The van der Waals surface area contributed by atoms with Crippen molar-refractivity contribution >= 4 is 17.4 Å². The molecule has 2 nitrogen and oxygen atoms in total. The SMILES string of the molecule is Cc1cc(C)cc(CSc2cccc(OC(C)C)c2N)c1. The summed E-state index contributed by atoms with van der Waals surface area (Å²) in [6.45, 7) is 8.28. The number of aryl methyl sites for hydroxylation is 2. The third-order valence-electron chi connectivity index (χ3n) is 3.06. The maximum absolute atomic E-state index is 6.21. The second-order valence-corrected chi connectivity index (χ2v) is 6.64. The molecule has 0 aromatic heterocycles. The van der Waals surface area contributed by atoms with Gasteiger partial charge in [-0.05, 0) is 45.4 Å². The quantitative estimate of drug-likeness (QED) is 0.626. The van der Waals surface area contributed by atoms with E-state index in [0.29, 0.717) is 0 Å². The van der Waals surface area contributed by atoms with Crippen molar-refractivity contribution in [1.82, 2.24) is 0 Å². The van der Waals surface area contributed by atoms with Crippen LogP contribution in [-0.2, 0) is 5.75 Å². The van der Waals surface area contributed by atoms with Gasteiger partial charge in [0, 0.05) is 10.6 Å². The lowest BCUT2D eigenvalue weighted by Crippen LogP contribution is -2.07. The Kier molecular flexibility index (Phi) is 5.18. The Labute approximate surface area is 131 Å². The van der Waals surface area contributed by atoms with Gasteiger partial charge in [-0.15, -0.1) is 11.8 Å². The van der Waals surface area contributed by atoms with Crippen molar-refractivity contribution in [2.75, 3.05) is 5.73 Å². The van der Waals surface area contributed by atoms with Crippen LogP contribution in [0.4, 0.5) is 5.69 Å². The van der Waals surface area contributed by atoms with Crippen molar-refractivity contribution in [3.8, 4) is 5.75 Å². The van der Waals surface area contributed by atoms with Gasteiger partial charge in [0.25, 0.3) is 0 Å². The number of ether oxygens (including phenoxy) is 1. The van der Waals surface area contributed by atoms with Crippen molar-refractivity contribution in [3.05, 3.63) is 53.1 Å².